The van der Waals surface area contributed by atoms with Gasteiger partial charge in [-0.05, 0) is 31.7 Å². The van der Waals surface area contributed by atoms with E-state index in [1.165, 1.54) is 28.5 Å². The molecule has 108 valence electrons. The summed E-state index contributed by atoms with van der Waals surface area (Å²) in [5, 5.41) is 0. The fourth-order valence-electron chi connectivity index (χ4n) is 2.67. The Morgan fingerprint density at radius 3 is 2.58 bits per heavy atom. The molecule has 0 spiro atoms. The van der Waals surface area contributed by atoms with Gasteiger partial charge in [-0.1, -0.05) is 12.8 Å². The predicted molar refractivity (Wildman–Crippen MR) is 80.4 cm³/mol. The van der Waals surface area contributed by atoms with Crippen LogP contribution in [-0.2, 0) is 15.9 Å². The van der Waals surface area contributed by atoms with Crippen molar-refractivity contribution in [2.24, 2.45) is 5.92 Å². The fraction of sp³-hybridized carbons (Fsp3) is 0.692. The Labute approximate surface area is 124 Å². The van der Waals surface area contributed by atoms with Crippen molar-refractivity contribution >= 4 is 33.0 Å². The van der Waals surface area contributed by atoms with Crippen LogP contribution in [0.5, 0.6) is 0 Å². The van der Waals surface area contributed by atoms with Gasteiger partial charge in [-0.25, -0.2) is 12.7 Å². The van der Waals surface area contributed by atoms with E-state index in [2.05, 4.69) is 0 Å². The van der Waals surface area contributed by atoms with Gasteiger partial charge in [-0.15, -0.1) is 22.9 Å². The highest BCUT2D eigenvalue weighted by Gasteiger charge is 2.27. The van der Waals surface area contributed by atoms with Crippen LogP contribution in [-0.4, -0.2) is 26.3 Å². The van der Waals surface area contributed by atoms with E-state index in [1.54, 1.807) is 13.1 Å². The van der Waals surface area contributed by atoms with Gasteiger partial charge >= 0.3 is 0 Å². The van der Waals surface area contributed by atoms with Crippen molar-refractivity contribution in [2.75, 3.05) is 13.6 Å². The summed E-state index contributed by atoms with van der Waals surface area (Å²) in [6, 6.07) is 1.72. The smallest absolute Gasteiger partial charge is 0.207 e. The van der Waals surface area contributed by atoms with E-state index in [9.17, 15) is 8.42 Å². The summed E-state index contributed by atoms with van der Waals surface area (Å²) in [6.45, 7) is 2.48. The van der Waals surface area contributed by atoms with E-state index in [4.69, 9.17) is 11.6 Å². The quantitative estimate of drug-likeness (QED) is 0.777. The van der Waals surface area contributed by atoms with Gasteiger partial charge in [0.25, 0.3) is 0 Å². The molecule has 6 heteroatoms. The third-order valence-electron chi connectivity index (χ3n) is 3.73. The summed E-state index contributed by atoms with van der Waals surface area (Å²) in [7, 11) is -1.68. The first-order chi connectivity index (χ1) is 8.95. The van der Waals surface area contributed by atoms with Gasteiger partial charge in [-0.2, -0.15) is 0 Å². The van der Waals surface area contributed by atoms with Crippen LogP contribution in [0.15, 0.2) is 11.0 Å². The van der Waals surface area contributed by atoms with Gasteiger partial charge in [0, 0.05) is 23.3 Å². The largest absolute Gasteiger partial charge is 0.243 e. The number of hydrogen-bond acceptors (Lipinski definition) is 3. The van der Waals surface area contributed by atoms with Crippen LogP contribution < -0.4 is 0 Å². The number of aryl methyl sites for hydroxylation is 1. The second-order valence-corrected chi connectivity index (χ2v) is 8.82. The molecule has 19 heavy (non-hydrogen) atoms. The highest BCUT2D eigenvalue weighted by Crippen LogP contribution is 2.31. The lowest BCUT2D eigenvalue weighted by Gasteiger charge is -2.20. The third-order valence-corrected chi connectivity index (χ3v) is 7.31. The number of halogens is 1. The van der Waals surface area contributed by atoms with E-state index < -0.39 is 10.0 Å². The Kier molecular flexibility index (Phi) is 4.93. The Morgan fingerprint density at radius 2 is 2.05 bits per heavy atom. The fourth-order valence-corrected chi connectivity index (χ4v) is 5.61. The maximum absolute atomic E-state index is 12.6. The Morgan fingerprint density at radius 1 is 1.42 bits per heavy atom. The molecule has 1 aromatic rings. The number of hydrogen-bond donors (Lipinski definition) is 0. The van der Waals surface area contributed by atoms with Gasteiger partial charge in [0.05, 0.1) is 10.8 Å². The topological polar surface area (TPSA) is 37.4 Å². The van der Waals surface area contributed by atoms with Crippen molar-refractivity contribution in [1.29, 1.82) is 0 Å². The summed E-state index contributed by atoms with van der Waals surface area (Å²) < 4.78 is 26.6. The Bertz CT molecular complexity index is 533. The first-order valence-corrected chi connectivity index (χ1v) is 9.36. The second kappa shape index (κ2) is 6.12. The van der Waals surface area contributed by atoms with Crippen LogP contribution in [0.1, 0.15) is 35.4 Å². The molecule has 0 amide bonds. The van der Waals surface area contributed by atoms with E-state index >= 15 is 0 Å². The van der Waals surface area contributed by atoms with Crippen LogP contribution in [0.25, 0.3) is 0 Å². The van der Waals surface area contributed by atoms with Crippen molar-refractivity contribution in [1.82, 2.24) is 4.31 Å². The first-order valence-electron chi connectivity index (χ1n) is 6.56. The average Bonchev–Trinajstić information content (AvgIpc) is 2.98. The molecule has 3 nitrogen and oxygen atoms in total. The SMILES string of the molecule is Cc1sc(CCl)cc1S(=O)(=O)N(C)CC1CCCC1. The van der Waals surface area contributed by atoms with Gasteiger partial charge in [0.15, 0.2) is 0 Å². The molecule has 0 aromatic carbocycles. The molecule has 1 aliphatic carbocycles. The minimum absolute atomic E-state index is 0.368. The molecule has 0 bridgehead atoms. The predicted octanol–water partition coefficient (Wildman–Crippen LogP) is 3.61. The lowest BCUT2D eigenvalue weighted by molar-refractivity contribution is 0.387. The zero-order valence-electron chi connectivity index (χ0n) is 11.4. The van der Waals surface area contributed by atoms with E-state index in [0.29, 0.717) is 23.2 Å². The first kappa shape index (κ1) is 15.3. The Hall–Kier alpha value is -0.100. The zero-order chi connectivity index (χ0) is 14.0. The summed E-state index contributed by atoms with van der Waals surface area (Å²) in [5.41, 5.74) is 0. The molecular formula is C13H20ClNO2S2. The second-order valence-electron chi connectivity index (χ2n) is 5.20. The van der Waals surface area contributed by atoms with Crippen molar-refractivity contribution in [2.45, 2.75) is 43.4 Å². The third kappa shape index (κ3) is 3.32. The Balaban J connectivity index is 2.17. The molecular weight excluding hydrogens is 302 g/mol. The van der Waals surface area contributed by atoms with Crippen LogP contribution in [0.2, 0.25) is 0 Å². The van der Waals surface area contributed by atoms with Crippen LogP contribution in [0.4, 0.5) is 0 Å². The minimum atomic E-state index is -3.36. The molecule has 0 unspecified atom stereocenters. The summed E-state index contributed by atoms with van der Waals surface area (Å²) in [6.07, 6.45) is 4.75. The number of thiophene rings is 1. The molecule has 0 aliphatic heterocycles. The monoisotopic (exact) mass is 321 g/mol. The lowest BCUT2D eigenvalue weighted by atomic mass is 10.1. The molecule has 1 aromatic heterocycles. The van der Waals surface area contributed by atoms with E-state index in [-0.39, 0.29) is 0 Å². The molecule has 0 radical (unpaired) electrons. The maximum atomic E-state index is 12.6. The molecule has 1 fully saturated rings. The van der Waals surface area contributed by atoms with Crippen LogP contribution >= 0.6 is 22.9 Å². The minimum Gasteiger partial charge on any atom is -0.207 e. The summed E-state index contributed by atoms with van der Waals surface area (Å²) in [5.74, 6) is 0.888. The molecule has 0 N–H and O–H groups in total. The summed E-state index contributed by atoms with van der Waals surface area (Å²) in [4.78, 5) is 2.16. The maximum Gasteiger partial charge on any atom is 0.243 e. The van der Waals surface area contributed by atoms with E-state index in [0.717, 1.165) is 22.6 Å². The standard InChI is InChI=1S/C13H20ClNO2S2/c1-10-13(7-12(8-14)18-10)19(16,17)15(2)9-11-5-3-4-6-11/h7,11H,3-6,8-9H2,1-2H3. The zero-order valence-corrected chi connectivity index (χ0v) is 13.7. The van der Waals surface area contributed by atoms with Crippen molar-refractivity contribution in [3.63, 3.8) is 0 Å². The van der Waals surface area contributed by atoms with Crippen molar-refractivity contribution in [3.8, 4) is 0 Å². The van der Waals surface area contributed by atoms with E-state index in [1.807, 2.05) is 6.92 Å². The molecule has 1 heterocycles. The van der Waals surface area contributed by atoms with Gasteiger partial charge in [0.2, 0.25) is 10.0 Å². The number of alkyl halides is 1. The highest BCUT2D eigenvalue weighted by atomic mass is 35.5. The van der Waals surface area contributed by atoms with Gasteiger partial charge in [-0.3, -0.25) is 0 Å². The number of rotatable bonds is 5. The average molecular weight is 322 g/mol. The normalized spacial score (nSPS) is 17.5. The molecule has 2 rings (SSSR count). The molecule has 1 aliphatic rings. The van der Waals surface area contributed by atoms with Gasteiger partial charge in [0.1, 0.15) is 0 Å². The summed E-state index contributed by atoms with van der Waals surface area (Å²) >= 11 is 7.24. The molecule has 1 saturated carbocycles. The molecule has 0 atom stereocenters. The van der Waals surface area contributed by atoms with Crippen LogP contribution in [0, 0.1) is 12.8 Å². The van der Waals surface area contributed by atoms with Crippen LogP contribution in [0.3, 0.4) is 0 Å². The molecule has 0 saturated heterocycles. The van der Waals surface area contributed by atoms with Gasteiger partial charge < -0.3 is 0 Å². The van der Waals surface area contributed by atoms with Crippen molar-refractivity contribution < 1.29 is 8.42 Å². The number of nitrogens with zero attached hydrogens (tertiary/aromatic N) is 1. The lowest BCUT2D eigenvalue weighted by Crippen LogP contribution is -2.31. The highest BCUT2D eigenvalue weighted by molar-refractivity contribution is 7.89. The van der Waals surface area contributed by atoms with Crippen molar-refractivity contribution in [3.05, 3.63) is 15.8 Å². The number of sulfonamides is 1.